The molecule has 0 amide bonds. The van der Waals surface area contributed by atoms with Gasteiger partial charge in [0.1, 0.15) is 17.4 Å². The molecule has 1 aromatic carbocycles. The highest BCUT2D eigenvalue weighted by Crippen LogP contribution is 2.26. The number of nitrogens with two attached hydrogens (primary N) is 1. The molecule has 0 fully saturated rings. The maximum absolute atomic E-state index is 12.1. The Bertz CT molecular complexity index is 400. The Morgan fingerprint density at radius 2 is 1.94 bits per heavy atom. The second-order valence-corrected chi connectivity index (χ2v) is 4.00. The van der Waals surface area contributed by atoms with E-state index in [2.05, 4.69) is 0 Å². The largest absolute Gasteiger partial charge is 0.493 e. The standard InChI is InChI=1S/C14H21NO3/c1-4-10(5-2)18-14(16)13-11(15)8-7-9-12(13)17-6-3/h7-10H,4-6,15H2,1-3H3. The van der Waals surface area contributed by atoms with E-state index in [1.165, 1.54) is 0 Å². The van der Waals surface area contributed by atoms with E-state index in [1.807, 2.05) is 20.8 Å². The van der Waals surface area contributed by atoms with Gasteiger partial charge in [-0.2, -0.15) is 0 Å². The average molecular weight is 251 g/mol. The molecule has 0 saturated carbocycles. The second kappa shape index (κ2) is 6.89. The van der Waals surface area contributed by atoms with Gasteiger partial charge in [0.25, 0.3) is 0 Å². The van der Waals surface area contributed by atoms with E-state index in [-0.39, 0.29) is 6.10 Å². The number of esters is 1. The predicted molar refractivity (Wildman–Crippen MR) is 71.8 cm³/mol. The molecule has 0 saturated heterocycles. The minimum absolute atomic E-state index is 0.0772. The number of benzene rings is 1. The van der Waals surface area contributed by atoms with Crippen LogP contribution in [0.2, 0.25) is 0 Å². The van der Waals surface area contributed by atoms with Crippen LogP contribution in [0.15, 0.2) is 18.2 Å². The van der Waals surface area contributed by atoms with Crippen LogP contribution in [-0.2, 0) is 4.74 Å². The molecule has 0 heterocycles. The molecular weight excluding hydrogens is 230 g/mol. The van der Waals surface area contributed by atoms with Crippen LogP contribution in [0.25, 0.3) is 0 Å². The first-order valence-electron chi connectivity index (χ1n) is 6.36. The average Bonchev–Trinajstić information content (AvgIpc) is 2.36. The van der Waals surface area contributed by atoms with Crippen molar-refractivity contribution in [1.29, 1.82) is 0 Å². The summed E-state index contributed by atoms with van der Waals surface area (Å²) in [6.45, 7) is 6.31. The quantitative estimate of drug-likeness (QED) is 0.623. The third kappa shape index (κ3) is 3.39. The van der Waals surface area contributed by atoms with Crippen LogP contribution in [0.1, 0.15) is 44.0 Å². The third-order valence-electron chi connectivity index (χ3n) is 2.75. The zero-order valence-electron chi connectivity index (χ0n) is 11.2. The van der Waals surface area contributed by atoms with Crippen LogP contribution >= 0.6 is 0 Å². The first-order chi connectivity index (χ1) is 8.63. The maximum atomic E-state index is 12.1. The highest BCUT2D eigenvalue weighted by Gasteiger charge is 2.20. The van der Waals surface area contributed by atoms with Crippen molar-refractivity contribution in [1.82, 2.24) is 0 Å². The molecule has 0 aliphatic rings. The molecule has 4 nitrogen and oxygen atoms in total. The number of nitrogen functional groups attached to an aromatic ring is 1. The van der Waals surface area contributed by atoms with E-state index in [1.54, 1.807) is 18.2 Å². The van der Waals surface area contributed by atoms with E-state index in [0.717, 1.165) is 12.8 Å². The lowest BCUT2D eigenvalue weighted by Crippen LogP contribution is -2.18. The Balaban J connectivity index is 2.96. The zero-order chi connectivity index (χ0) is 13.5. The van der Waals surface area contributed by atoms with Crippen molar-refractivity contribution in [3.8, 4) is 5.75 Å². The molecule has 4 heteroatoms. The van der Waals surface area contributed by atoms with E-state index < -0.39 is 5.97 Å². The molecule has 0 radical (unpaired) electrons. The summed E-state index contributed by atoms with van der Waals surface area (Å²) in [7, 11) is 0. The Hall–Kier alpha value is -1.71. The molecule has 0 unspecified atom stereocenters. The third-order valence-corrected chi connectivity index (χ3v) is 2.75. The molecule has 2 N–H and O–H groups in total. The Kier molecular flexibility index (Phi) is 5.49. The van der Waals surface area contributed by atoms with Crippen molar-refractivity contribution in [2.75, 3.05) is 12.3 Å². The lowest BCUT2D eigenvalue weighted by atomic mass is 10.1. The second-order valence-electron chi connectivity index (χ2n) is 4.00. The SMILES string of the molecule is CCOc1cccc(N)c1C(=O)OC(CC)CC. The van der Waals surface area contributed by atoms with Gasteiger partial charge in [0.15, 0.2) is 0 Å². The molecule has 0 atom stereocenters. The summed E-state index contributed by atoms with van der Waals surface area (Å²) in [4.78, 5) is 12.1. The van der Waals surface area contributed by atoms with Gasteiger partial charge in [-0.25, -0.2) is 4.79 Å². The summed E-state index contributed by atoms with van der Waals surface area (Å²) in [5.41, 5.74) is 6.54. The van der Waals surface area contributed by atoms with Crippen molar-refractivity contribution < 1.29 is 14.3 Å². The smallest absolute Gasteiger partial charge is 0.344 e. The highest BCUT2D eigenvalue weighted by molar-refractivity contribution is 5.98. The first kappa shape index (κ1) is 14.4. The number of carbonyl (C=O) groups is 1. The van der Waals surface area contributed by atoms with E-state index in [4.69, 9.17) is 15.2 Å². The van der Waals surface area contributed by atoms with Gasteiger partial charge >= 0.3 is 5.97 Å². The summed E-state index contributed by atoms with van der Waals surface area (Å²) >= 11 is 0. The lowest BCUT2D eigenvalue weighted by molar-refractivity contribution is 0.0281. The van der Waals surface area contributed by atoms with Crippen molar-refractivity contribution in [3.05, 3.63) is 23.8 Å². The highest BCUT2D eigenvalue weighted by atomic mass is 16.5. The van der Waals surface area contributed by atoms with Crippen LogP contribution in [-0.4, -0.2) is 18.7 Å². The predicted octanol–water partition coefficient (Wildman–Crippen LogP) is 3.01. The molecular formula is C14H21NO3. The normalized spacial score (nSPS) is 10.4. The zero-order valence-corrected chi connectivity index (χ0v) is 11.2. The minimum atomic E-state index is -0.412. The fourth-order valence-corrected chi connectivity index (χ4v) is 1.71. The van der Waals surface area contributed by atoms with Gasteiger partial charge in [-0.15, -0.1) is 0 Å². The Morgan fingerprint density at radius 1 is 1.28 bits per heavy atom. The summed E-state index contributed by atoms with van der Waals surface area (Å²) in [5, 5.41) is 0. The van der Waals surface area contributed by atoms with E-state index in [9.17, 15) is 4.79 Å². The van der Waals surface area contributed by atoms with Crippen molar-refractivity contribution in [3.63, 3.8) is 0 Å². The molecule has 1 aromatic rings. The number of ether oxygens (including phenoxy) is 2. The first-order valence-corrected chi connectivity index (χ1v) is 6.36. The summed E-state index contributed by atoms with van der Waals surface area (Å²) in [5.74, 6) is 0.0682. The van der Waals surface area contributed by atoms with Gasteiger partial charge in [-0.1, -0.05) is 19.9 Å². The van der Waals surface area contributed by atoms with Gasteiger partial charge in [0, 0.05) is 5.69 Å². The molecule has 0 aromatic heterocycles. The lowest BCUT2D eigenvalue weighted by Gasteiger charge is -2.16. The number of anilines is 1. The number of hydrogen-bond acceptors (Lipinski definition) is 4. The van der Waals surface area contributed by atoms with Crippen molar-refractivity contribution in [2.24, 2.45) is 0 Å². The van der Waals surface area contributed by atoms with E-state index >= 15 is 0 Å². The minimum Gasteiger partial charge on any atom is -0.493 e. The van der Waals surface area contributed by atoms with Gasteiger partial charge in [0.05, 0.1) is 6.61 Å². The molecule has 100 valence electrons. The van der Waals surface area contributed by atoms with E-state index in [0.29, 0.717) is 23.6 Å². The molecule has 0 aliphatic heterocycles. The topological polar surface area (TPSA) is 61.5 Å². The fraction of sp³-hybridized carbons (Fsp3) is 0.500. The number of rotatable bonds is 6. The number of carbonyl (C=O) groups excluding carboxylic acids is 1. The maximum Gasteiger partial charge on any atom is 0.344 e. The Labute approximate surface area is 108 Å². The van der Waals surface area contributed by atoms with Crippen LogP contribution < -0.4 is 10.5 Å². The van der Waals surface area contributed by atoms with Gasteiger partial charge < -0.3 is 15.2 Å². The molecule has 0 spiro atoms. The van der Waals surface area contributed by atoms with Crippen molar-refractivity contribution in [2.45, 2.75) is 39.7 Å². The van der Waals surface area contributed by atoms with Gasteiger partial charge in [0.2, 0.25) is 0 Å². The van der Waals surface area contributed by atoms with Crippen LogP contribution in [0, 0.1) is 0 Å². The van der Waals surface area contributed by atoms with Crippen LogP contribution in [0.3, 0.4) is 0 Å². The Morgan fingerprint density at radius 3 is 2.50 bits per heavy atom. The van der Waals surface area contributed by atoms with Gasteiger partial charge in [-0.05, 0) is 31.9 Å². The molecule has 0 aliphatic carbocycles. The summed E-state index contributed by atoms with van der Waals surface area (Å²) < 4.78 is 10.8. The molecule has 1 rings (SSSR count). The monoisotopic (exact) mass is 251 g/mol. The van der Waals surface area contributed by atoms with Crippen LogP contribution in [0.5, 0.6) is 5.75 Å². The fourth-order valence-electron chi connectivity index (χ4n) is 1.71. The van der Waals surface area contributed by atoms with Crippen LogP contribution in [0.4, 0.5) is 5.69 Å². The summed E-state index contributed by atoms with van der Waals surface area (Å²) in [6.07, 6.45) is 1.50. The molecule has 0 bridgehead atoms. The number of hydrogen-bond donors (Lipinski definition) is 1. The summed E-state index contributed by atoms with van der Waals surface area (Å²) in [6, 6.07) is 5.16. The molecule has 18 heavy (non-hydrogen) atoms. The van der Waals surface area contributed by atoms with Gasteiger partial charge in [-0.3, -0.25) is 0 Å². The van der Waals surface area contributed by atoms with Crippen molar-refractivity contribution >= 4 is 11.7 Å².